The van der Waals surface area contributed by atoms with E-state index in [-0.39, 0.29) is 5.91 Å². The number of rotatable bonds is 5. The van der Waals surface area contributed by atoms with Crippen LogP contribution in [0.1, 0.15) is 34.5 Å². The topological polar surface area (TPSA) is 99.3 Å². The number of aromatic nitrogens is 3. The predicted molar refractivity (Wildman–Crippen MR) is 133 cm³/mol. The first-order valence-corrected chi connectivity index (χ1v) is 12.0. The van der Waals surface area contributed by atoms with E-state index in [0.717, 1.165) is 57.9 Å². The number of nitrogens with zero attached hydrogens (tertiary/aromatic N) is 6. The molecule has 0 bridgehead atoms. The van der Waals surface area contributed by atoms with Crippen molar-refractivity contribution in [2.75, 3.05) is 49.6 Å². The molecule has 0 radical (unpaired) electrons. The molecule has 1 amide bonds. The number of anilines is 2. The van der Waals surface area contributed by atoms with Crippen molar-refractivity contribution in [3.8, 4) is 11.9 Å². The van der Waals surface area contributed by atoms with Gasteiger partial charge in [0.25, 0.3) is 5.91 Å². The summed E-state index contributed by atoms with van der Waals surface area (Å²) in [6, 6.07) is 14.0. The predicted octanol–water partition coefficient (Wildman–Crippen LogP) is 3.00. The van der Waals surface area contributed by atoms with Gasteiger partial charge in [0.15, 0.2) is 5.82 Å². The number of piperidine rings is 1. The van der Waals surface area contributed by atoms with Crippen LogP contribution in [0.15, 0.2) is 48.8 Å². The number of morpholine rings is 1. The molecule has 0 saturated carbocycles. The third-order valence-electron chi connectivity index (χ3n) is 6.86. The Hall–Kier alpha value is -3.74. The van der Waals surface area contributed by atoms with E-state index < -0.39 is 0 Å². The maximum atomic E-state index is 13.0. The Labute approximate surface area is 204 Å². The minimum atomic E-state index is -0.271. The average molecular weight is 472 g/mol. The minimum Gasteiger partial charge on any atom is -0.379 e. The number of nitriles is 1. The summed E-state index contributed by atoms with van der Waals surface area (Å²) in [5.74, 6) is 0.380. The van der Waals surface area contributed by atoms with E-state index in [1.807, 2.05) is 37.3 Å². The SMILES string of the molecule is Cc1c(C(=O)Nc2ccc(N3CCC(N4CCOCC4)CC3)c(C#N)c2)cnn1-c1ccccn1. The Kier molecular flexibility index (Phi) is 6.75. The van der Waals surface area contributed by atoms with E-state index in [2.05, 4.69) is 31.3 Å². The zero-order valence-corrected chi connectivity index (χ0v) is 19.9. The molecular weight excluding hydrogens is 442 g/mol. The number of hydrogen-bond donors (Lipinski definition) is 1. The highest BCUT2D eigenvalue weighted by molar-refractivity contribution is 6.05. The van der Waals surface area contributed by atoms with Crippen molar-refractivity contribution >= 4 is 17.3 Å². The van der Waals surface area contributed by atoms with Crippen molar-refractivity contribution in [2.45, 2.75) is 25.8 Å². The number of carbonyl (C=O) groups is 1. The smallest absolute Gasteiger partial charge is 0.259 e. The molecule has 5 rings (SSSR count). The van der Waals surface area contributed by atoms with Gasteiger partial charge < -0.3 is 15.0 Å². The highest BCUT2D eigenvalue weighted by atomic mass is 16.5. The number of carbonyl (C=O) groups excluding carboxylic acids is 1. The summed E-state index contributed by atoms with van der Waals surface area (Å²) in [6.07, 6.45) is 5.37. The number of amides is 1. The lowest BCUT2D eigenvalue weighted by Gasteiger charge is -2.41. The van der Waals surface area contributed by atoms with E-state index >= 15 is 0 Å². The van der Waals surface area contributed by atoms with Crippen LogP contribution in [0.3, 0.4) is 0 Å². The molecule has 2 aliphatic rings. The summed E-state index contributed by atoms with van der Waals surface area (Å²) in [4.78, 5) is 22.1. The van der Waals surface area contributed by atoms with Gasteiger partial charge in [-0.05, 0) is 50.1 Å². The molecule has 0 spiro atoms. The van der Waals surface area contributed by atoms with Gasteiger partial charge in [0.2, 0.25) is 0 Å². The summed E-state index contributed by atoms with van der Waals surface area (Å²) in [6.45, 7) is 7.29. The van der Waals surface area contributed by atoms with Gasteiger partial charge in [-0.15, -0.1) is 0 Å². The van der Waals surface area contributed by atoms with E-state index in [0.29, 0.717) is 34.4 Å². The van der Waals surface area contributed by atoms with Gasteiger partial charge in [-0.3, -0.25) is 9.69 Å². The molecule has 2 aromatic heterocycles. The molecule has 35 heavy (non-hydrogen) atoms. The van der Waals surface area contributed by atoms with Gasteiger partial charge in [0.05, 0.1) is 41.9 Å². The van der Waals surface area contributed by atoms with Crippen LogP contribution in [0.4, 0.5) is 11.4 Å². The van der Waals surface area contributed by atoms with Gasteiger partial charge >= 0.3 is 0 Å². The van der Waals surface area contributed by atoms with Gasteiger partial charge in [-0.1, -0.05) is 6.07 Å². The summed E-state index contributed by atoms with van der Waals surface area (Å²) in [7, 11) is 0. The van der Waals surface area contributed by atoms with Crippen LogP contribution in [-0.2, 0) is 4.74 Å². The number of pyridine rings is 1. The van der Waals surface area contributed by atoms with Gasteiger partial charge in [0, 0.05) is 44.1 Å². The minimum absolute atomic E-state index is 0.271. The van der Waals surface area contributed by atoms with Gasteiger partial charge in [0.1, 0.15) is 6.07 Å². The fraction of sp³-hybridized carbons (Fsp3) is 0.385. The summed E-state index contributed by atoms with van der Waals surface area (Å²) in [5, 5.41) is 17.1. The Balaban J connectivity index is 1.26. The number of nitrogens with one attached hydrogen (secondary N) is 1. The van der Waals surface area contributed by atoms with Crippen LogP contribution in [0.2, 0.25) is 0 Å². The zero-order valence-electron chi connectivity index (χ0n) is 19.9. The second kappa shape index (κ2) is 10.3. The van der Waals surface area contributed by atoms with Crippen LogP contribution in [0, 0.1) is 18.3 Å². The number of hydrogen-bond acceptors (Lipinski definition) is 7. The molecule has 9 heteroatoms. The molecule has 2 aliphatic heterocycles. The fourth-order valence-corrected chi connectivity index (χ4v) is 4.93. The molecule has 1 aromatic carbocycles. The Morgan fingerprint density at radius 1 is 1.14 bits per heavy atom. The molecular formula is C26H29N7O2. The van der Waals surface area contributed by atoms with E-state index in [9.17, 15) is 10.1 Å². The van der Waals surface area contributed by atoms with Gasteiger partial charge in [-0.2, -0.15) is 10.4 Å². The standard InChI is InChI=1S/C26H29N7O2/c1-19-23(18-29-33(19)25-4-2-3-9-28-25)26(34)30-21-5-6-24(20(16-21)17-27)32-10-7-22(8-11-32)31-12-14-35-15-13-31/h2-6,9,16,18,22H,7-8,10-15H2,1H3,(H,30,34). The molecule has 2 fully saturated rings. The lowest BCUT2D eigenvalue weighted by molar-refractivity contribution is 0.0115. The second-order valence-corrected chi connectivity index (χ2v) is 8.91. The van der Waals surface area contributed by atoms with Crippen molar-refractivity contribution < 1.29 is 9.53 Å². The second-order valence-electron chi connectivity index (χ2n) is 8.91. The summed E-state index contributed by atoms with van der Waals surface area (Å²) >= 11 is 0. The molecule has 0 unspecified atom stereocenters. The van der Waals surface area contributed by atoms with Crippen molar-refractivity contribution in [3.63, 3.8) is 0 Å². The van der Waals surface area contributed by atoms with E-state index in [4.69, 9.17) is 4.74 Å². The number of ether oxygens (including phenoxy) is 1. The van der Waals surface area contributed by atoms with Crippen LogP contribution in [0.5, 0.6) is 0 Å². The van der Waals surface area contributed by atoms with E-state index in [1.54, 1.807) is 16.9 Å². The van der Waals surface area contributed by atoms with Crippen LogP contribution < -0.4 is 10.2 Å². The van der Waals surface area contributed by atoms with Crippen molar-refractivity contribution in [2.24, 2.45) is 0 Å². The lowest BCUT2D eigenvalue weighted by Crippen LogP contribution is -2.49. The monoisotopic (exact) mass is 471 g/mol. The molecule has 0 aliphatic carbocycles. The average Bonchev–Trinajstić information content (AvgIpc) is 3.31. The van der Waals surface area contributed by atoms with E-state index in [1.165, 1.54) is 6.20 Å². The first-order valence-electron chi connectivity index (χ1n) is 12.0. The molecule has 0 atom stereocenters. The zero-order chi connectivity index (χ0) is 24.2. The molecule has 9 nitrogen and oxygen atoms in total. The third-order valence-corrected chi connectivity index (χ3v) is 6.86. The van der Waals surface area contributed by atoms with Crippen molar-refractivity contribution in [3.05, 3.63) is 65.6 Å². The first kappa shape index (κ1) is 23.0. The molecule has 3 aromatic rings. The Morgan fingerprint density at radius 2 is 1.94 bits per heavy atom. The maximum absolute atomic E-state index is 13.0. The quantitative estimate of drug-likeness (QED) is 0.611. The lowest BCUT2D eigenvalue weighted by atomic mass is 10.0. The first-order chi connectivity index (χ1) is 17.1. The van der Waals surface area contributed by atoms with Crippen LogP contribution in [-0.4, -0.2) is 71.0 Å². The summed E-state index contributed by atoms with van der Waals surface area (Å²) in [5.41, 5.74) is 3.23. The van der Waals surface area contributed by atoms with Crippen molar-refractivity contribution in [1.82, 2.24) is 19.7 Å². The number of benzene rings is 1. The third kappa shape index (κ3) is 4.90. The molecule has 4 heterocycles. The van der Waals surface area contributed by atoms with Crippen LogP contribution >= 0.6 is 0 Å². The van der Waals surface area contributed by atoms with Crippen LogP contribution in [0.25, 0.3) is 5.82 Å². The largest absolute Gasteiger partial charge is 0.379 e. The normalized spacial score (nSPS) is 17.2. The molecule has 2 saturated heterocycles. The van der Waals surface area contributed by atoms with Gasteiger partial charge in [-0.25, -0.2) is 9.67 Å². The Morgan fingerprint density at radius 3 is 2.66 bits per heavy atom. The fourth-order valence-electron chi connectivity index (χ4n) is 4.93. The molecule has 180 valence electrons. The summed E-state index contributed by atoms with van der Waals surface area (Å²) < 4.78 is 7.12. The highest BCUT2D eigenvalue weighted by Gasteiger charge is 2.27. The van der Waals surface area contributed by atoms with Crippen molar-refractivity contribution in [1.29, 1.82) is 5.26 Å². The Bertz CT molecular complexity index is 1220. The molecule has 1 N–H and O–H groups in total. The maximum Gasteiger partial charge on any atom is 0.259 e. The highest BCUT2D eigenvalue weighted by Crippen LogP contribution is 2.28.